The number of nitrogens with zero attached hydrogens (tertiary/aromatic N) is 2. The summed E-state index contributed by atoms with van der Waals surface area (Å²) in [7, 11) is 1.46. The van der Waals surface area contributed by atoms with E-state index in [1.807, 2.05) is 0 Å². The van der Waals surface area contributed by atoms with E-state index in [0.717, 1.165) is 0 Å². The number of carbonyl (C=O) groups excluding carboxylic acids is 1. The maximum absolute atomic E-state index is 13.2. The molecule has 0 spiro atoms. The zero-order valence-electron chi connectivity index (χ0n) is 19.9. The van der Waals surface area contributed by atoms with Crippen LogP contribution in [0.5, 0.6) is 17.2 Å². The van der Waals surface area contributed by atoms with Crippen molar-refractivity contribution in [2.75, 3.05) is 7.11 Å². The molecule has 12 heteroatoms. The van der Waals surface area contributed by atoms with Crippen molar-refractivity contribution in [2.24, 2.45) is 0 Å². The fraction of sp³-hybridized carbons (Fsp3) is 0.0370. The first kappa shape index (κ1) is 25.8. The Kier molecular flexibility index (Phi) is 7.22. The lowest BCUT2D eigenvalue weighted by atomic mass is 10.0. The number of nitro benzene ring substituents is 1. The number of ether oxygens (including phenoxy) is 2. The number of fused-ring (bicyclic) bond motifs is 3. The van der Waals surface area contributed by atoms with E-state index in [1.165, 1.54) is 43.8 Å². The Balaban J connectivity index is 1.82. The van der Waals surface area contributed by atoms with Crippen LogP contribution in [0.3, 0.4) is 0 Å². The second kappa shape index (κ2) is 10.9. The summed E-state index contributed by atoms with van der Waals surface area (Å²) >= 11 is 11.3. The zero-order chi connectivity index (χ0) is 27.5. The molecule has 0 saturated heterocycles. The highest BCUT2D eigenvalue weighted by Gasteiger charge is 2.24. The molecule has 2 aromatic heterocycles. The minimum absolute atomic E-state index is 0.00171. The Bertz CT molecular complexity index is 1730. The lowest BCUT2D eigenvalue weighted by Crippen LogP contribution is -2.05. The number of esters is 1. The van der Waals surface area contributed by atoms with Gasteiger partial charge in [-0.05, 0) is 36.4 Å². The molecule has 5 rings (SSSR count). The topological polar surface area (TPSA) is 123 Å². The van der Waals surface area contributed by atoms with Crippen LogP contribution >= 0.6 is 23.7 Å². The minimum Gasteiger partial charge on any atom is -0.493 e. The molecule has 0 amide bonds. The second-order valence-electron chi connectivity index (χ2n) is 8.03. The third-order valence-corrected chi connectivity index (χ3v) is 6.16. The molecule has 0 unspecified atom stereocenters. The van der Waals surface area contributed by atoms with Crippen molar-refractivity contribution in [3.8, 4) is 17.2 Å². The van der Waals surface area contributed by atoms with Crippen molar-refractivity contribution in [3.05, 3.63) is 99.9 Å². The van der Waals surface area contributed by atoms with Gasteiger partial charge in [-0.25, -0.2) is 4.79 Å². The largest absolute Gasteiger partial charge is 0.493 e. The molecular weight excluding hydrogens is 551 g/mol. The molecule has 5 aromatic rings. The molecule has 0 bridgehead atoms. The Morgan fingerprint density at radius 3 is 2.36 bits per heavy atom. The van der Waals surface area contributed by atoms with Crippen LogP contribution in [-0.2, 0) is 4.74 Å². The Morgan fingerprint density at radius 1 is 1.00 bits per heavy atom. The molecule has 2 heterocycles. The van der Waals surface area contributed by atoms with Crippen molar-refractivity contribution in [3.63, 3.8) is 0 Å². The predicted molar refractivity (Wildman–Crippen MR) is 144 cm³/mol. The number of nitro groups is 1. The number of halogens is 2. The lowest BCUT2D eigenvalue weighted by molar-refractivity contribution is -0.384. The van der Waals surface area contributed by atoms with Crippen molar-refractivity contribution >= 4 is 69.2 Å². The van der Waals surface area contributed by atoms with Crippen molar-refractivity contribution in [2.45, 2.75) is 0 Å². The van der Waals surface area contributed by atoms with Gasteiger partial charge in [-0.3, -0.25) is 15.1 Å². The molecule has 0 N–H and O–H groups in total. The summed E-state index contributed by atoms with van der Waals surface area (Å²) in [5.74, 6) is -0.206. The van der Waals surface area contributed by atoms with Gasteiger partial charge in [0.1, 0.15) is 35.1 Å². The van der Waals surface area contributed by atoms with Crippen molar-refractivity contribution < 1.29 is 32.2 Å². The van der Waals surface area contributed by atoms with Crippen LogP contribution in [0.25, 0.3) is 33.8 Å². The monoisotopic (exact) mass is 566 g/mol. The first-order valence-electron chi connectivity index (χ1n) is 11.2. The van der Waals surface area contributed by atoms with Gasteiger partial charge in [-0.2, -0.15) is 0 Å². The zero-order valence-corrected chi connectivity index (χ0v) is 21.4. The minimum atomic E-state index is -0.680. The quantitative estimate of drug-likeness (QED) is 0.0821. The molecule has 0 atom stereocenters. The lowest BCUT2D eigenvalue weighted by Gasteiger charge is -2.13. The number of carbonyl (C=O) groups is 1. The molecule has 10 nitrogen and oxygen atoms in total. The molecule has 0 aliphatic carbocycles. The number of aromatic nitrogens is 1. The van der Waals surface area contributed by atoms with E-state index in [-0.39, 0.29) is 39.7 Å². The average Bonchev–Trinajstić information content (AvgIpc) is 3.35. The van der Waals surface area contributed by atoms with Crippen LogP contribution in [0, 0.1) is 10.1 Å². The van der Waals surface area contributed by atoms with E-state index < -0.39 is 10.9 Å². The van der Waals surface area contributed by atoms with Crippen LogP contribution in [-0.4, -0.2) is 23.0 Å². The number of methoxy groups -OCH3 is 1. The number of pyridine rings is 1. The number of rotatable bonds is 8. The van der Waals surface area contributed by atoms with Crippen molar-refractivity contribution in [1.29, 1.82) is 0 Å². The van der Waals surface area contributed by atoms with Crippen molar-refractivity contribution in [1.82, 2.24) is 4.98 Å². The number of hydrogen-bond acceptors (Lipinski definition) is 9. The van der Waals surface area contributed by atoms with Gasteiger partial charge >= 0.3 is 5.97 Å². The van der Waals surface area contributed by atoms with Gasteiger partial charge in [0.15, 0.2) is 22.8 Å². The smallest absolute Gasteiger partial charge is 0.343 e. The predicted octanol–water partition coefficient (Wildman–Crippen LogP) is 7.32. The van der Waals surface area contributed by atoms with Crippen LogP contribution in [0.2, 0.25) is 0 Å². The molecule has 39 heavy (non-hydrogen) atoms. The standard InChI is InChI=1S/C27H16Cl2N2O8/c1-35-21-10-8-17(25-19-11-16(31(33)34)7-9-20(19)36-26(21)25)22(37-27(32)15-5-3-2-4-6-15)12-18-23(38-28)13-30-14-24(18)39-29/h2-14H,1H3. The summed E-state index contributed by atoms with van der Waals surface area (Å²) in [5.41, 5.74) is 1.30. The van der Waals surface area contributed by atoms with E-state index in [4.69, 9.17) is 46.2 Å². The Hall–Kier alpha value is -4.80. The average molecular weight is 567 g/mol. The van der Waals surface area contributed by atoms with E-state index in [0.29, 0.717) is 27.7 Å². The summed E-state index contributed by atoms with van der Waals surface area (Å²) in [6.45, 7) is 0. The normalized spacial score (nSPS) is 11.4. The third-order valence-electron chi connectivity index (χ3n) is 5.83. The van der Waals surface area contributed by atoms with Gasteiger partial charge in [0, 0.05) is 28.5 Å². The van der Waals surface area contributed by atoms with Gasteiger partial charge in [0.2, 0.25) is 0 Å². The molecule has 0 radical (unpaired) electrons. The SMILES string of the molecule is COc1ccc(C(=Cc2c(OCl)cncc2OCl)OC(=O)c2ccccc2)c2c1oc1ccc([N+](=O)[O-])cc12. The van der Waals surface area contributed by atoms with Crippen LogP contribution < -0.4 is 13.3 Å². The molecule has 0 aliphatic heterocycles. The number of furan rings is 1. The van der Waals surface area contributed by atoms with Gasteiger partial charge in [0.05, 0.1) is 35.6 Å². The fourth-order valence-electron chi connectivity index (χ4n) is 4.05. The first-order chi connectivity index (χ1) is 18.9. The van der Waals surface area contributed by atoms with E-state index in [9.17, 15) is 14.9 Å². The van der Waals surface area contributed by atoms with E-state index in [1.54, 1.807) is 42.5 Å². The summed E-state index contributed by atoms with van der Waals surface area (Å²) in [6.07, 6.45) is 4.06. The number of benzene rings is 3. The first-order valence-corrected chi connectivity index (χ1v) is 11.8. The van der Waals surface area contributed by atoms with Crippen LogP contribution in [0.4, 0.5) is 5.69 Å². The second-order valence-corrected chi connectivity index (χ2v) is 8.34. The van der Waals surface area contributed by atoms with Gasteiger partial charge < -0.3 is 22.5 Å². The summed E-state index contributed by atoms with van der Waals surface area (Å²) in [5, 5.41) is 12.3. The third kappa shape index (κ3) is 4.90. The molecule has 0 aliphatic rings. The number of hydrogen-bond donors (Lipinski definition) is 0. The van der Waals surface area contributed by atoms with Gasteiger partial charge in [0.25, 0.3) is 5.69 Å². The Labute approximate surface area is 230 Å². The van der Waals surface area contributed by atoms with Gasteiger partial charge in [-0.15, -0.1) is 0 Å². The highest BCUT2D eigenvalue weighted by Crippen LogP contribution is 2.42. The highest BCUT2D eigenvalue weighted by atomic mass is 35.5. The van der Waals surface area contributed by atoms with Gasteiger partial charge in [-0.1, -0.05) is 18.2 Å². The summed E-state index contributed by atoms with van der Waals surface area (Å²) in [6, 6.07) is 15.7. The molecule has 0 saturated carbocycles. The molecule has 3 aromatic carbocycles. The van der Waals surface area contributed by atoms with Crippen LogP contribution in [0.15, 0.2) is 77.5 Å². The Morgan fingerprint density at radius 2 is 1.72 bits per heavy atom. The number of non-ortho nitro benzene ring substituents is 1. The highest BCUT2D eigenvalue weighted by molar-refractivity contribution is 6.14. The summed E-state index contributed by atoms with van der Waals surface area (Å²) in [4.78, 5) is 28.2. The van der Waals surface area contributed by atoms with E-state index in [2.05, 4.69) is 4.98 Å². The molecule has 0 fully saturated rings. The maximum atomic E-state index is 13.2. The molecule has 196 valence electrons. The summed E-state index contributed by atoms with van der Waals surface area (Å²) < 4.78 is 27.2. The fourth-order valence-corrected chi connectivity index (χ4v) is 4.29. The maximum Gasteiger partial charge on any atom is 0.343 e. The van der Waals surface area contributed by atoms with E-state index >= 15 is 0 Å². The molecular formula is C27H16Cl2N2O8. The van der Waals surface area contributed by atoms with Crippen LogP contribution in [0.1, 0.15) is 21.5 Å².